The van der Waals surface area contributed by atoms with Crippen LogP contribution in [0.2, 0.25) is 5.02 Å². The number of rotatable bonds is 5. The van der Waals surface area contributed by atoms with Crippen LogP contribution in [-0.2, 0) is 5.41 Å². The number of nitrogens with zero attached hydrogens (tertiary/aromatic N) is 2. The van der Waals surface area contributed by atoms with Crippen LogP contribution in [0.4, 0.5) is 0 Å². The van der Waals surface area contributed by atoms with Crippen molar-refractivity contribution in [2.75, 3.05) is 0 Å². The molecule has 0 aliphatic carbocycles. The molecule has 30 heavy (non-hydrogen) atoms. The highest BCUT2D eigenvalue weighted by Gasteiger charge is 2.19. The molecule has 0 aliphatic rings. The van der Waals surface area contributed by atoms with Crippen molar-refractivity contribution in [3.8, 4) is 5.75 Å². The molecule has 0 bridgehead atoms. The van der Waals surface area contributed by atoms with Crippen molar-refractivity contribution in [3.05, 3.63) is 82.1 Å². The van der Waals surface area contributed by atoms with Gasteiger partial charge in [-0.05, 0) is 35.9 Å². The lowest BCUT2D eigenvalue weighted by Gasteiger charge is -2.14. The van der Waals surface area contributed by atoms with Gasteiger partial charge in [0.15, 0.2) is 5.69 Å². The second-order valence-corrected chi connectivity index (χ2v) is 7.97. The van der Waals surface area contributed by atoms with E-state index in [0.29, 0.717) is 16.3 Å². The zero-order valence-electron chi connectivity index (χ0n) is 16.8. The van der Waals surface area contributed by atoms with Crippen LogP contribution in [-0.4, -0.2) is 28.3 Å². The van der Waals surface area contributed by atoms with Crippen molar-refractivity contribution >= 4 is 29.7 Å². The molecular weight excluding hydrogens is 404 g/mol. The number of halogens is 1. The number of esters is 1. The summed E-state index contributed by atoms with van der Waals surface area (Å²) in [5, 5.41) is 11.1. The summed E-state index contributed by atoms with van der Waals surface area (Å²) in [6.45, 7) is 6.06. The fraction of sp³-hybridized carbons (Fsp3) is 0.182. The van der Waals surface area contributed by atoms with Gasteiger partial charge in [-0.15, -0.1) is 0 Å². The fourth-order valence-corrected chi connectivity index (χ4v) is 2.70. The Kier molecular flexibility index (Phi) is 6.32. The predicted molar refractivity (Wildman–Crippen MR) is 115 cm³/mol. The molecule has 2 aromatic carbocycles. The molecule has 1 aromatic heterocycles. The second-order valence-electron chi connectivity index (χ2n) is 7.56. The maximum absolute atomic E-state index is 12.3. The number of aromatic nitrogens is 2. The summed E-state index contributed by atoms with van der Waals surface area (Å²) >= 11 is 6.02. The smallest absolute Gasteiger partial charge is 0.345 e. The lowest BCUT2D eigenvalue weighted by Crippen LogP contribution is -2.18. The third-order valence-electron chi connectivity index (χ3n) is 4.16. The lowest BCUT2D eigenvalue weighted by atomic mass is 9.92. The largest absolute Gasteiger partial charge is 0.423 e. The molecule has 3 rings (SSSR count). The predicted octanol–water partition coefficient (Wildman–Crippen LogP) is 4.34. The van der Waals surface area contributed by atoms with Crippen molar-refractivity contribution in [2.24, 2.45) is 5.10 Å². The molecule has 0 fully saturated rings. The minimum absolute atomic E-state index is 0.142. The molecule has 3 aromatic rings. The van der Waals surface area contributed by atoms with Gasteiger partial charge >= 0.3 is 5.97 Å². The van der Waals surface area contributed by atoms with E-state index in [0.717, 1.165) is 5.69 Å². The van der Waals surface area contributed by atoms with Gasteiger partial charge in [-0.25, -0.2) is 10.2 Å². The van der Waals surface area contributed by atoms with E-state index in [1.54, 1.807) is 54.6 Å². The van der Waals surface area contributed by atoms with Crippen molar-refractivity contribution in [1.29, 1.82) is 0 Å². The summed E-state index contributed by atoms with van der Waals surface area (Å²) in [5.74, 6) is -0.659. The Balaban J connectivity index is 1.63. The van der Waals surface area contributed by atoms with Crippen LogP contribution < -0.4 is 10.2 Å². The normalized spacial score (nSPS) is 11.5. The van der Waals surface area contributed by atoms with Crippen molar-refractivity contribution in [3.63, 3.8) is 0 Å². The lowest BCUT2D eigenvalue weighted by molar-refractivity contribution is 0.0734. The molecular formula is C22H21ClN4O3. The fourth-order valence-electron chi connectivity index (χ4n) is 2.49. The van der Waals surface area contributed by atoms with Crippen LogP contribution in [0.15, 0.2) is 59.7 Å². The summed E-state index contributed by atoms with van der Waals surface area (Å²) in [6.07, 6.45) is 1.45. The van der Waals surface area contributed by atoms with Crippen molar-refractivity contribution in [2.45, 2.75) is 26.2 Å². The third kappa shape index (κ3) is 5.33. The molecule has 0 saturated carbocycles. The third-order valence-corrected chi connectivity index (χ3v) is 4.49. The first-order valence-electron chi connectivity index (χ1n) is 9.20. The van der Waals surface area contributed by atoms with E-state index in [-0.39, 0.29) is 16.7 Å². The van der Waals surface area contributed by atoms with E-state index in [2.05, 4.69) is 20.7 Å². The number of H-pyrrole nitrogens is 1. The van der Waals surface area contributed by atoms with Crippen LogP contribution in [0.25, 0.3) is 0 Å². The maximum Gasteiger partial charge on any atom is 0.345 e. The van der Waals surface area contributed by atoms with Gasteiger partial charge in [0, 0.05) is 11.1 Å². The Morgan fingerprint density at radius 1 is 1.13 bits per heavy atom. The first kappa shape index (κ1) is 21.3. The van der Waals surface area contributed by atoms with E-state index < -0.39 is 11.9 Å². The van der Waals surface area contributed by atoms with Gasteiger partial charge in [0.2, 0.25) is 0 Å². The molecule has 0 aliphatic heterocycles. The Hall–Kier alpha value is -3.45. The van der Waals surface area contributed by atoms with Gasteiger partial charge in [0.25, 0.3) is 5.91 Å². The number of aromatic amines is 1. The van der Waals surface area contributed by atoms with Crippen molar-refractivity contribution in [1.82, 2.24) is 15.6 Å². The number of benzene rings is 2. The number of hydrazone groups is 1. The Labute approximate surface area is 179 Å². The van der Waals surface area contributed by atoms with E-state index in [1.807, 2.05) is 20.8 Å². The Bertz CT molecular complexity index is 1100. The average molecular weight is 425 g/mol. The van der Waals surface area contributed by atoms with E-state index in [9.17, 15) is 9.59 Å². The van der Waals surface area contributed by atoms with E-state index in [4.69, 9.17) is 16.3 Å². The summed E-state index contributed by atoms with van der Waals surface area (Å²) in [5.41, 5.74) is 4.30. The summed E-state index contributed by atoms with van der Waals surface area (Å²) in [7, 11) is 0. The van der Waals surface area contributed by atoms with Crippen LogP contribution in [0, 0.1) is 0 Å². The zero-order chi connectivity index (χ0) is 21.7. The average Bonchev–Trinajstić information content (AvgIpc) is 3.19. The van der Waals surface area contributed by atoms with Gasteiger partial charge in [-0.3, -0.25) is 9.89 Å². The zero-order valence-corrected chi connectivity index (χ0v) is 17.5. The monoisotopic (exact) mass is 424 g/mol. The van der Waals surface area contributed by atoms with Gasteiger partial charge < -0.3 is 4.74 Å². The topological polar surface area (TPSA) is 96.4 Å². The second kappa shape index (κ2) is 8.92. The molecule has 8 heteroatoms. The van der Waals surface area contributed by atoms with Gasteiger partial charge in [0.1, 0.15) is 5.75 Å². The van der Waals surface area contributed by atoms with Crippen molar-refractivity contribution < 1.29 is 14.3 Å². The molecule has 0 saturated heterocycles. The Morgan fingerprint density at radius 3 is 2.60 bits per heavy atom. The molecule has 0 unspecified atom stereocenters. The van der Waals surface area contributed by atoms with Gasteiger partial charge in [-0.1, -0.05) is 56.6 Å². The number of carbonyl (C=O) groups excluding carboxylic acids is 2. The highest BCUT2D eigenvalue weighted by molar-refractivity contribution is 6.33. The molecule has 1 amide bonds. The number of hydrogen-bond donors (Lipinski definition) is 2. The Morgan fingerprint density at radius 2 is 1.90 bits per heavy atom. The molecule has 0 atom stereocenters. The minimum atomic E-state index is -0.559. The number of nitrogens with one attached hydrogen (secondary N) is 2. The van der Waals surface area contributed by atoms with Gasteiger partial charge in [0.05, 0.1) is 16.8 Å². The minimum Gasteiger partial charge on any atom is -0.423 e. The molecule has 1 heterocycles. The van der Waals surface area contributed by atoms with Crippen LogP contribution in [0.1, 0.15) is 52.9 Å². The SMILES string of the molecule is CC(C)(C)c1cc(C(=O)N/N=C/c2cccc(OC(=O)c3ccccc3Cl)c2)n[nH]1. The first-order chi connectivity index (χ1) is 14.2. The number of carbonyl (C=O) groups is 2. The quantitative estimate of drug-likeness (QED) is 0.275. The van der Waals surface area contributed by atoms with E-state index in [1.165, 1.54) is 6.21 Å². The van der Waals surface area contributed by atoms with E-state index >= 15 is 0 Å². The summed E-state index contributed by atoms with van der Waals surface area (Å²) in [4.78, 5) is 24.5. The maximum atomic E-state index is 12.3. The number of hydrogen-bond acceptors (Lipinski definition) is 5. The number of ether oxygens (including phenoxy) is 1. The van der Waals surface area contributed by atoms with Crippen LogP contribution in [0.3, 0.4) is 0 Å². The highest BCUT2D eigenvalue weighted by Crippen LogP contribution is 2.20. The molecule has 2 N–H and O–H groups in total. The standard InChI is InChI=1S/C22H21ClN4O3/c1-22(2,3)19-12-18(25-26-19)20(28)27-24-13-14-7-6-8-15(11-14)30-21(29)16-9-4-5-10-17(16)23/h4-13H,1-3H3,(H,25,26)(H,27,28)/b24-13+. The first-order valence-corrected chi connectivity index (χ1v) is 9.58. The molecule has 0 radical (unpaired) electrons. The summed E-state index contributed by atoms with van der Waals surface area (Å²) in [6, 6.07) is 15.1. The highest BCUT2D eigenvalue weighted by atomic mass is 35.5. The molecule has 7 nitrogen and oxygen atoms in total. The number of amides is 1. The van der Waals surface area contributed by atoms with Crippen LogP contribution in [0.5, 0.6) is 5.75 Å². The van der Waals surface area contributed by atoms with Gasteiger partial charge in [-0.2, -0.15) is 10.2 Å². The molecule has 154 valence electrons. The summed E-state index contributed by atoms with van der Waals surface area (Å²) < 4.78 is 5.37. The molecule has 0 spiro atoms. The van der Waals surface area contributed by atoms with Crippen LogP contribution >= 0.6 is 11.6 Å².